The first-order valence-electron chi connectivity index (χ1n) is 9.49. The molecule has 0 saturated carbocycles. The normalized spacial score (nSPS) is 11.2. The summed E-state index contributed by atoms with van der Waals surface area (Å²) in [6, 6.07) is 20.7. The predicted molar refractivity (Wildman–Crippen MR) is 126 cm³/mol. The maximum absolute atomic E-state index is 12.3. The fourth-order valence-corrected chi connectivity index (χ4v) is 4.05. The Balaban J connectivity index is 1.41. The van der Waals surface area contributed by atoms with E-state index < -0.39 is 5.91 Å². The van der Waals surface area contributed by atoms with E-state index >= 15 is 0 Å². The molecular formula is C24H18BrClN2O3. The number of hydrogen-bond acceptors (Lipinski definition) is 4. The van der Waals surface area contributed by atoms with Gasteiger partial charge in [-0.3, -0.25) is 4.79 Å². The zero-order valence-electron chi connectivity index (χ0n) is 16.6. The van der Waals surface area contributed by atoms with Crippen molar-refractivity contribution >= 4 is 50.6 Å². The molecule has 1 heterocycles. The van der Waals surface area contributed by atoms with Gasteiger partial charge in [0.05, 0.1) is 15.7 Å². The number of fused-ring (bicyclic) bond motifs is 1. The molecule has 4 aromatic rings. The number of carbonyl (C=O) groups excluding carboxylic acids is 1. The van der Waals surface area contributed by atoms with Gasteiger partial charge in [0.25, 0.3) is 0 Å². The number of para-hydroxylation sites is 1. The number of nitrogens with zero attached hydrogens (tertiary/aromatic N) is 1. The first kappa shape index (κ1) is 21.2. The van der Waals surface area contributed by atoms with Crippen molar-refractivity contribution in [2.24, 2.45) is 5.10 Å². The predicted octanol–water partition coefficient (Wildman–Crippen LogP) is 6.50. The quantitative estimate of drug-likeness (QED) is 0.244. The highest BCUT2D eigenvalue weighted by Gasteiger charge is 2.12. The van der Waals surface area contributed by atoms with E-state index in [9.17, 15) is 4.79 Å². The Morgan fingerprint density at radius 2 is 2.00 bits per heavy atom. The Morgan fingerprint density at radius 1 is 1.16 bits per heavy atom. The van der Waals surface area contributed by atoms with Crippen LogP contribution < -0.4 is 10.2 Å². The average molecular weight is 498 g/mol. The van der Waals surface area contributed by atoms with Gasteiger partial charge in [0.1, 0.15) is 12.2 Å². The SMILES string of the molecule is Cc1cccc(COc2c(Cl)cc(/C=N/NC(=O)c3cc4ccccc4o3)cc2Br)c1. The first-order valence-corrected chi connectivity index (χ1v) is 10.7. The van der Waals surface area contributed by atoms with E-state index in [2.05, 4.69) is 32.5 Å². The summed E-state index contributed by atoms with van der Waals surface area (Å²) < 4.78 is 12.1. The summed E-state index contributed by atoms with van der Waals surface area (Å²) in [6.07, 6.45) is 1.50. The number of ether oxygens (including phenoxy) is 1. The van der Waals surface area contributed by atoms with Crippen LogP contribution in [0.4, 0.5) is 0 Å². The molecule has 0 atom stereocenters. The van der Waals surface area contributed by atoms with Crippen LogP contribution in [0, 0.1) is 6.92 Å². The summed E-state index contributed by atoms with van der Waals surface area (Å²) in [5, 5.41) is 5.29. The molecule has 0 bridgehead atoms. The van der Waals surface area contributed by atoms with Crippen LogP contribution in [0.15, 0.2) is 80.7 Å². The smallest absolute Gasteiger partial charge is 0.307 e. The van der Waals surface area contributed by atoms with Crippen molar-refractivity contribution in [2.45, 2.75) is 13.5 Å². The van der Waals surface area contributed by atoms with Crippen molar-refractivity contribution in [3.8, 4) is 5.75 Å². The van der Waals surface area contributed by atoms with Crippen molar-refractivity contribution in [3.05, 3.63) is 98.7 Å². The van der Waals surface area contributed by atoms with Gasteiger partial charge in [-0.1, -0.05) is 59.6 Å². The summed E-state index contributed by atoms with van der Waals surface area (Å²) in [5.74, 6) is 0.305. The summed E-state index contributed by atoms with van der Waals surface area (Å²) in [5.41, 5.74) is 6.03. The third-order valence-corrected chi connectivity index (χ3v) is 5.39. The topological polar surface area (TPSA) is 63.8 Å². The van der Waals surface area contributed by atoms with Gasteiger partial charge < -0.3 is 9.15 Å². The van der Waals surface area contributed by atoms with Gasteiger partial charge in [0.15, 0.2) is 11.5 Å². The van der Waals surface area contributed by atoms with E-state index in [1.165, 1.54) is 11.8 Å². The Labute approximate surface area is 192 Å². The zero-order valence-corrected chi connectivity index (χ0v) is 18.9. The second-order valence-electron chi connectivity index (χ2n) is 6.94. The highest BCUT2D eigenvalue weighted by atomic mass is 79.9. The van der Waals surface area contributed by atoms with Crippen LogP contribution >= 0.6 is 27.5 Å². The fourth-order valence-electron chi connectivity index (χ4n) is 3.06. The second kappa shape index (κ2) is 9.37. The Morgan fingerprint density at radius 3 is 2.77 bits per heavy atom. The lowest BCUT2D eigenvalue weighted by atomic mass is 10.1. The van der Waals surface area contributed by atoms with Gasteiger partial charge in [0, 0.05) is 5.39 Å². The monoisotopic (exact) mass is 496 g/mol. The molecule has 31 heavy (non-hydrogen) atoms. The summed E-state index contributed by atoms with van der Waals surface area (Å²) >= 11 is 9.89. The van der Waals surface area contributed by atoms with Crippen molar-refractivity contribution in [2.75, 3.05) is 0 Å². The molecular weight excluding hydrogens is 480 g/mol. The number of furan rings is 1. The van der Waals surface area contributed by atoms with Crippen LogP contribution in [-0.4, -0.2) is 12.1 Å². The molecule has 7 heteroatoms. The minimum atomic E-state index is -0.435. The average Bonchev–Trinajstić information content (AvgIpc) is 3.18. The summed E-state index contributed by atoms with van der Waals surface area (Å²) in [4.78, 5) is 12.3. The molecule has 0 saturated heterocycles. The fraction of sp³-hybridized carbons (Fsp3) is 0.0833. The third-order valence-electron chi connectivity index (χ3n) is 4.52. The third kappa shape index (κ3) is 5.16. The van der Waals surface area contributed by atoms with Crippen LogP contribution in [0.5, 0.6) is 5.75 Å². The van der Waals surface area contributed by atoms with E-state index in [1.54, 1.807) is 18.2 Å². The second-order valence-corrected chi connectivity index (χ2v) is 8.20. The lowest BCUT2D eigenvalue weighted by Gasteiger charge is -2.11. The van der Waals surface area contributed by atoms with Crippen LogP contribution in [0.1, 0.15) is 27.2 Å². The van der Waals surface area contributed by atoms with Crippen molar-refractivity contribution in [1.29, 1.82) is 0 Å². The van der Waals surface area contributed by atoms with Crippen LogP contribution in [0.25, 0.3) is 11.0 Å². The number of carbonyl (C=O) groups is 1. The largest absolute Gasteiger partial charge is 0.486 e. The highest BCUT2D eigenvalue weighted by molar-refractivity contribution is 9.10. The lowest BCUT2D eigenvalue weighted by molar-refractivity contribution is 0.0929. The minimum Gasteiger partial charge on any atom is -0.486 e. The van der Waals surface area contributed by atoms with E-state index in [4.69, 9.17) is 20.8 Å². The number of rotatable bonds is 6. The van der Waals surface area contributed by atoms with Crippen LogP contribution in [0.2, 0.25) is 5.02 Å². The zero-order chi connectivity index (χ0) is 21.8. The Kier molecular flexibility index (Phi) is 6.39. The number of aryl methyl sites for hydroxylation is 1. The number of hydrogen-bond donors (Lipinski definition) is 1. The van der Waals surface area contributed by atoms with Gasteiger partial charge >= 0.3 is 5.91 Å². The summed E-state index contributed by atoms with van der Waals surface area (Å²) in [6.45, 7) is 2.44. The standard InChI is InChI=1S/C24H18BrClN2O3/c1-15-5-4-6-16(9-15)14-30-23-19(25)10-17(11-20(23)26)13-27-28-24(29)22-12-18-7-2-3-8-21(18)31-22/h2-13H,14H2,1H3,(H,28,29)/b27-13+. The Bertz CT molecular complexity index is 1230. The molecule has 0 unspecified atom stereocenters. The van der Waals surface area contributed by atoms with Crippen molar-refractivity contribution < 1.29 is 13.9 Å². The van der Waals surface area contributed by atoms with E-state index in [1.807, 2.05) is 49.4 Å². The molecule has 156 valence electrons. The first-order chi connectivity index (χ1) is 15.0. The molecule has 0 fully saturated rings. The van der Waals surface area contributed by atoms with Crippen LogP contribution in [0.3, 0.4) is 0 Å². The maximum atomic E-state index is 12.3. The summed E-state index contributed by atoms with van der Waals surface area (Å²) in [7, 11) is 0. The molecule has 1 aromatic heterocycles. The van der Waals surface area contributed by atoms with Gasteiger partial charge in [-0.05, 0) is 58.2 Å². The maximum Gasteiger partial charge on any atom is 0.307 e. The van der Waals surface area contributed by atoms with Gasteiger partial charge in [0.2, 0.25) is 0 Å². The van der Waals surface area contributed by atoms with Gasteiger partial charge in [-0.25, -0.2) is 5.43 Å². The molecule has 0 aliphatic rings. The van der Waals surface area contributed by atoms with E-state index in [-0.39, 0.29) is 5.76 Å². The number of amides is 1. The molecule has 0 aliphatic heterocycles. The molecule has 1 amide bonds. The Hall–Kier alpha value is -3.09. The van der Waals surface area contributed by atoms with Gasteiger partial charge in [-0.15, -0.1) is 0 Å². The highest BCUT2D eigenvalue weighted by Crippen LogP contribution is 2.34. The molecule has 1 N–H and O–H groups in total. The van der Waals surface area contributed by atoms with E-state index in [0.717, 1.165) is 10.9 Å². The molecule has 3 aromatic carbocycles. The molecule has 4 rings (SSSR count). The number of benzene rings is 3. The molecule has 5 nitrogen and oxygen atoms in total. The molecule has 0 spiro atoms. The lowest BCUT2D eigenvalue weighted by Crippen LogP contribution is -2.16. The van der Waals surface area contributed by atoms with Crippen molar-refractivity contribution in [1.82, 2.24) is 5.43 Å². The van der Waals surface area contributed by atoms with E-state index in [0.29, 0.717) is 33.0 Å². The number of halogens is 2. The van der Waals surface area contributed by atoms with Crippen molar-refractivity contribution in [3.63, 3.8) is 0 Å². The molecule has 0 aliphatic carbocycles. The van der Waals surface area contributed by atoms with Gasteiger partial charge in [-0.2, -0.15) is 5.10 Å². The molecule has 0 radical (unpaired) electrons. The minimum absolute atomic E-state index is 0.192. The number of hydrazone groups is 1. The number of nitrogens with one attached hydrogen (secondary N) is 1. The van der Waals surface area contributed by atoms with Crippen LogP contribution in [-0.2, 0) is 6.61 Å².